The average molecular weight is 428 g/mol. The Bertz CT molecular complexity index is 918. The Morgan fingerprint density at radius 3 is 2.65 bits per heavy atom. The topological polar surface area (TPSA) is 109 Å². The van der Waals surface area contributed by atoms with Crippen molar-refractivity contribution < 1.29 is 23.5 Å². The quantitative estimate of drug-likeness (QED) is 0.678. The van der Waals surface area contributed by atoms with Crippen LogP contribution in [0.2, 0.25) is 0 Å². The molecule has 166 valence electrons. The molecule has 2 saturated carbocycles. The molecule has 1 atom stereocenters. The molecule has 9 heteroatoms. The summed E-state index contributed by atoms with van der Waals surface area (Å²) in [6, 6.07) is 3.38. The number of pyridine rings is 1. The molecule has 0 spiro atoms. The molecule has 1 amide bonds. The van der Waals surface area contributed by atoms with Crippen LogP contribution in [-0.2, 0) is 4.74 Å². The van der Waals surface area contributed by atoms with Gasteiger partial charge in [-0.2, -0.15) is 9.97 Å². The highest BCUT2D eigenvalue weighted by atomic mass is 16.6. The number of hydrogen-bond acceptors (Lipinski definition) is 8. The van der Waals surface area contributed by atoms with Crippen molar-refractivity contribution in [3.8, 4) is 11.8 Å². The van der Waals surface area contributed by atoms with Crippen LogP contribution >= 0.6 is 0 Å². The third-order valence-electron chi connectivity index (χ3n) is 6.06. The molecule has 2 aliphatic carbocycles. The van der Waals surface area contributed by atoms with Crippen LogP contribution in [0, 0.1) is 18.8 Å². The molecule has 2 aromatic heterocycles. The van der Waals surface area contributed by atoms with Crippen molar-refractivity contribution in [1.82, 2.24) is 20.4 Å². The molecule has 3 aliphatic rings. The van der Waals surface area contributed by atoms with Crippen LogP contribution in [0.1, 0.15) is 67.8 Å². The van der Waals surface area contributed by atoms with Gasteiger partial charge >= 0.3 is 6.09 Å². The van der Waals surface area contributed by atoms with E-state index in [0.29, 0.717) is 42.0 Å². The van der Waals surface area contributed by atoms with Gasteiger partial charge in [0, 0.05) is 31.8 Å². The van der Waals surface area contributed by atoms with Gasteiger partial charge in [0.05, 0.1) is 12.6 Å². The molecule has 5 rings (SSSR count). The fourth-order valence-corrected chi connectivity index (χ4v) is 3.94. The summed E-state index contributed by atoms with van der Waals surface area (Å²) < 4.78 is 22.1. The zero-order valence-corrected chi connectivity index (χ0v) is 17.7. The first kappa shape index (κ1) is 20.2. The van der Waals surface area contributed by atoms with E-state index < -0.39 is 6.09 Å². The van der Waals surface area contributed by atoms with Crippen LogP contribution in [0.5, 0.6) is 11.8 Å². The van der Waals surface area contributed by atoms with Gasteiger partial charge in [-0.25, -0.2) is 4.79 Å². The third-order valence-corrected chi connectivity index (χ3v) is 6.06. The molecule has 1 saturated heterocycles. The van der Waals surface area contributed by atoms with Gasteiger partial charge in [-0.15, -0.1) is 0 Å². The van der Waals surface area contributed by atoms with Crippen molar-refractivity contribution in [2.24, 2.45) is 11.8 Å². The van der Waals surface area contributed by atoms with Crippen molar-refractivity contribution in [1.29, 1.82) is 0 Å². The predicted molar refractivity (Wildman–Crippen MR) is 109 cm³/mol. The van der Waals surface area contributed by atoms with Crippen molar-refractivity contribution in [2.45, 2.75) is 57.4 Å². The lowest BCUT2D eigenvalue weighted by Gasteiger charge is -2.22. The minimum Gasteiger partial charge on any atom is -0.477 e. The Kier molecular flexibility index (Phi) is 5.76. The number of nitrogens with one attached hydrogen (secondary N) is 1. The van der Waals surface area contributed by atoms with E-state index in [4.69, 9.17) is 18.7 Å². The van der Waals surface area contributed by atoms with E-state index >= 15 is 0 Å². The molecular weight excluding hydrogens is 400 g/mol. The van der Waals surface area contributed by atoms with Gasteiger partial charge in [-0.1, -0.05) is 5.16 Å². The SMILES string of the molecule is Cc1nc(C(NC(=O)Oc2ccc(C3CC3)c(OCC3CCOCC3)n2)C2CC2)no1. The Balaban J connectivity index is 1.24. The molecular formula is C22H28N4O5. The maximum Gasteiger partial charge on any atom is 0.414 e. The van der Waals surface area contributed by atoms with Crippen LogP contribution in [0.4, 0.5) is 4.79 Å². The monoisotopic (exact) mass is 428 g/mol. The maximum absolute atomic E-state index is 12.6. The minimum absolute atomic E-state index is 0.225. The van der Waals surface area contributed by atoms with Crippen LogP contribution in [0.15, 0.2) is 16.7 Å². The van der Waals surface area contributed by atoms with E-state index in [1.54, 1.807) is 13.0 Å². The van der Waals surface area contributed by atoms with E-state index in [9.17, 15) is 4.79 Å². The molecule has 1 aliphatic heterocycles. The Labute approximate surface area is 180 Å². The molecule has 1 unspecified atom stereocenters. The number of amides is 1. The molecule has 3 fully saturated rings. The minimum atomic E-state index is -0.582. The van der Waals surface area contributed by atoms with Crippen molar-refractivity contribution in [3.63, 3.8) is 0 Å². The third kappa shape index (κ3) is 5.15. The number of carbonyl (C=O) groups excluding carboxylic acids is 1. The number of aryl methyl sites for hydroxylation is 1. The number of aromatic nitrogens is 3. The summed E-state index contributed by atoms with van der Waals surface area (Å²) in [6.45, 7) is 3.89. The van der Waals surface area contributed by atoms with E-state index in [-0.39, 0.29) is 11.9 Å². The number of carbonyl (C=O) groups is 1. The molecule has 0 bridgehead atoms. The second-order valence-corrected chi connectivity index (χ2v) is 8.71. The highest BCUT2D eigenvalue weighted by molar-refractivity contribution is 5.70. The summed E-state index contributed by atoms with van der Waals surface area (Å²) >= 11 is 0. The largest absolute Gasteiger partial charge is 0.477 e. The second-order valence-electron chi connectivity index (χ2n) is 8.71. The van der Waals surface area contributed by atoms with E-state index in [0.717, 1.165) is 57.3 Å². The van der Waals surface area contributed by atoms with E-state index in [1.807, 2.05) is 6.07 Å². The van der Waals surface area contributed by atoms with Gasteiger partial charge in [0.15, 0.2) is 5.82 Å². The first-order chi connectivity index (χ1) is 15.2. The number of ether oxygens (including phenoxy) is 3. The fourth-order valence-electron chi connectivity index (χ4n) is 3.94. The summed E-state index contributed by atoms with van der Waals surface area (Å²) in [5, 5.41) is 6.83. The zero-order valence-electron chi connectivity index (χ0n) is 17.7. The van der Waals surface area contributed by atoms with E-state index in [2.05, 4.69) is 20.4 Å². The van der Waals surface area contributed by atoms with Crippen molar-refractivity contribution >= 4 is 6.09 Å². The summed E-state index contributed by atoms with van der Waals surface area (Å²) in [4.78, 5) is 21.3. The second kappa shape index (κ2) is 8.82. The molecule has 9 nitrogen and oxygen atoms in total. The smallest absolute Gasteiger partial charge is 0.414 e. The van der Waals surface area contributed by atoms with Crippen molar-refractivity contribution in [2.75, 3.05) is 19.8 Å². The summed E-state index contributed by atoms with van der Waals surface area (Å²) in [6.07, 6.45) is 5.72. The van der Waals surface area contributed by atoms with Crippen LogP contribution in [-0.4, -0.2) is 41.0 Å². The summed E-state index contributed by atoms with van der Waals surface area (Å²) in [5.41, 5.74) is 1.10. The van der Waals surface area contributed by atoms with Crippen LogP contribution in [0.25, 0.3) is 0 Å². The first-order valence-electron chi connectivity index (χ1n) is 11.2. The Hall–Kier alpha value is -2.68. The van der Waals surface area contributed by atoms with Crippen LogP contribution < -0.4 is 14.8 Å². The zero-order chi connectivity index (χ0) is 21.2. The molecule has 31 heavy (non-hydrogen) atoms. The standard InChI is InChI=1S/C22H28N4O5/c1-13-23-20(26-31-13)19(16-4-5-16)25-22(27)30-18-7-6-17(15-2-3-15)21(24-18)29-12-14-8-10-28-11-9-14/h6-7,14-16,19H,2-5,8-12H2,1H3,(H,25,27). The van der Waals surface area contributed by atoms with Crippen LogP contribution in [0.3, 0.4) is 0 Å². The highest BCUT2D eigenvalue weighted by Crippen LogP contribution is 2.44. The fraction of sp³-hybridized carbons (Fsp3) is 0.636. The molecule has 0 aromatic carbocycles. The van der Waals surface area contributed by atoms with Gasteiger partial charge in [-0.05, 0) is 62.3 Å². The first-order valence-corrected chi connectivity index (χ1v) is 11.2. The molecule has 0 radical (unpaired) electrons. The Morgan fingerprint density at radius 2 is 1.97 bits per heavy atom. The van der Waals surface area contributed by atoms with Gasteiger partial charge in [-0.3, -0.25) is 0 Å². The van der Waals surface area contributed by atoms with E-state index in [1.165, 1.54) is 0 Å². The Morgan fingerprint density at radius 1 is 1.16 bits per heavy atom. The molecule has 2 aromatic rings. The normalized spacial score (nSPS) is 20.3. The average Bonchev–Trinajstić information content (AvgIpc) is 3.70. The maximum atomic E-state index is 12.6. The van der Waals surface area contributed by atoms with Crippen molar-refractivity contribution in [3.05, 3.63) is 29.4 Å². The molecule has 1 N–H and O–H groups in total. The predicted octanol–water partition coefficient (Wildman–Crippen LogP) is 3.70. The number of rotatable bonds is 8. The number of hydrogen-bond donors (Lipinski definition) is 1. The highest BCUT2D eigenvalue weighted by Gasteiger charge is 2.37. The molecule has 3 heterocycles. The lowest BCUT2D eigenvalue weighted by molar-refractivity contribution is 0.0488. The number of nitrogens with zero attached hydrogens (tertiary/aromatic N) is 3. The lowest BCUT2D eigenvalue weighted by atomic mass is 10.0. The lowest BCUT2D eigenvalue weighted by Crippen LogP contribution is -2.33. The van der Waals surface area contributed by atoms with Gasteiger partial charge < -0.3 is 24.1 Å². The van der Waals surface area contributed by atoms with Gasteiger partial charge in [0.2, 0.25) is 17.7 Å². The summed E-state index contributed by atoms with van der Waals surface area (Å²) in [7, 11) is 0. The van der Waals surface area contributed by atoms with Gasteiger partial charge in [0.1, 0.15) is 0 Å². The van der Waals surface area contributed by atoms with Gasteiger partial charge in [0.25, 0.3) is 0 Å². The summed E-state index contributed by atoms with van der Waals surface area (Å²) in [5.74, 6) is 3.01.